The zero-order valence-electron chi connectivity index (χ0n) is 12.1. The molecule has 7 nitrogen and oxygen atoms in total. The smallest absolute Gasteiger partial charge is 0.322 e. The highest BCUT2D eigenvalue weighted by Gasteiger charge is 2.24. The van der Waals surface area contributed by atoms with Crippen LogP contribution in [-0.2, 0) is 0 Å². The zero-order valence-corrected chi connectivity index (χ0v) is 12.1. The molecule has 7 heteroatoms. The van der Waals surface area contributed by atoms with Crippen molar-refractivity contribution in [2.24, 2.45) is 0 Å². The second kappa shape index (κ2) is 6.01. The number of nitrogens with zero attached hydrogens (tertiary/aromatic N) is 5. The third-order valence-electron chi connectivity index (χ3n) is 3.46. The predicted molar refractivity (Wildman–Crippen MR) is 74.8 cm³/mol. The topological polar surface area (TPSA) is 66.4 Å². The maximum absolute atomic E-state index is 5.12. The third-order valence-corrected chi connectivity index (χ3v) is 3.46. The molecule has 0 aromatic carbocycles. The summed E-state index contributed by atoms with van der Waals surface area (Å²) in [4.78, 5) is 17.5. The van der Waals surface area contributed by atoms with Crippen LogP contribution in [0.2, 0.25) is 0 Å². The summed E-state index contributed by atoms with van der Waals surface area (Å²) in [6.07, 6.45) is 0. The van der Waals surface area contributed by atoms with E-state index in [0.717, 1.165) is 26.2 Å². The SMILES string of the molecule is CCN1CCN(c2nc(NC)nc(OC)n2)CC1C. The van der Waals surface area contributed by atoms with E-state index in [2.05, 4.69) is 43.9 Å². The predicted octanol–water partition coefficient (Wildman–Crippen LogP) is 0.452. The van der Waals surface area contributed by atoms with Crippen LogP contribution >= 0.6 is 0 Å². The van der Waals surface area contributed by atoms with Crippen molar-refractivity contribution in [1.82, 2.24) is 19.9 Å². The van der Waals surface area contributed by atoms with E-state index in [1.807, 2.05) is 0 Å². The van der Waals surface area contributed by atoms with E-state index >= 15 is 0 Å². The number of nitrogens with one attached hydrogen (secondary N) is 1. The van der Waals surface area contributed by atoms with Crippen molar-refractivity contribution >= 4 is 11.9 Å². The van der Waals surface area contributed by atoms with Crippen LogP contribution in [0.1, 0.15) is 13.8 Å². The molecule has 2 heterocycles. The Labute approximate surface area is 114 Å². The van der Waals surface area contributed by atoms with E-state index in [0.29, 0.717) is 23.9 Å². The molecular weight excluding hydrogens is 244 g/mol. The van der Waals surface area contributed by atoms with Gasteiger partial charge in [0.2, 0.25) is 11.9 Å². The van der Waals surface area contributed by atoms with E-state index in [1.165, 1.54) is 0 Å². The lowest BCUT2D eigenvalue weighted by Gasteiger charge is -2.39. The molecule has 1 aliphatic heterocycles. The number of rotatable bonds is 4. The van der Waals surface area contributed by atoms with Gasteiger partial charge in [0, 0.05) is 32.7 Å². The van der Waals surface area contributed by atoms with Gasteiger partial charge in [0.15, 0.2) is 0 Å². The summed E-state index contributed by atoms with van der Waals surface area (Å²) in [6.45, 7) is 8.38. The summed E-state index contributed by atoms with van der Waals surface area (Å²) in [5.74, 6) is 1.21. The first kappa shape index (κ1) is 13.8. The van der Waals surface area contributed by atoms with Gasteiger partial charge >= 0.3 is 6.01 Å². The summed E-state index contributed by atoms with van der Waals surface area (Å²) in [5, 5.41) is 2.93. The number of methoxy groups -OCH3 is 1. The van der Waals surface area contributed by atoms with Crippen molar-refractivity contribution in [1.29, 1.82) is 0 Å². The average molecular weight is 266 g/mol. The molecule has 0 aliphatic carbocycles. The van der Waals surface area contributed by atoms with Crippen LogP contribution in [0.15, 0.2) is 0 Å². The van der Waals surface area contributed by atoms with Gasteiger partial charge in [0.1, 0.15) is 0 Å². The van der Waals surface area contributed by atoms with Crippen molar-refractivity contribution < 1.29 is 4.74 Å². The third kappa shape index (κ3) is 3.04. The number of anilines is 2. The van der Waals surface area contributed by atoms with Gasteiger partial charge in [0.25, 0.3) is 0 Å². The Hall–Kier alpha value is -1.63. The van der Waals surface area contributed by atoms with Crippen LogP contribution in [-0.4, -0.2) is 66.2 Å². The van der Waals surface area contributed by atoms with Crippen LogP contribution in [0.3, 0.4) is 0 Å². The molecule has 0 amide bonds. The molecule has 1 aromatic heterocycles. The van der Waals surface area contributed by atoms with Gasteiger partial charge < -0.3 is 15.0 Å². The molecule has 1 unspecified atom stereocenters. The molecule has 2 rings (SSSR count). The molecule has 19 heavy (non-hydrogen) atoms. The monoisotopic (exact) mass is 266 g/mol. The first-order valence-corrected chi connectivity index (χ1v) is 6.64. The first-order chi connectivity index (χ1) is 9.17. The van der Waals surface area contributed by atoms with Crippen molar-refractivity contribution in [2.45, 2.75) is 19.9 Å². The molecule has 1 fully saturated rings. The first-order valence-electron chi connectivity index (χ1n) is 6.64. The van der Waals surface area contributed by atoms with E-state index in [1.54, 1.807) is 14.2 Å². The summed E-state index contributed by atoms with van der Waals surface area (Å²) in [5.41, 5.74) is 0. The molecule has 0 radical (unpaired) electrons. The Kier molecular flexibility index (Phi) is 4.36. The van der Waals surface area contributed by atoms with Crippen molar-refractivity contribution in [3.05, 3.63) is 0 Å². The second-order valence-electron chi connectivity index (χ2n) is 4.62. The fourth-order valence-electron chi connectivity index (χ4n) is 2.34. The largest absolute Gasteiger partial charge is 0.467 e. The van der Waals surface area contributed by atoms with E-state index in [4.69, 9.17) is 4.74 Å². The lowest BCUT2D eigenvalue weighted by atomic mass is 10.2. The van der Waals surface area contributed by atoms with Crippen LogP contribution in [0, 0.1) is 0 Å². The number of ether oxygens (including phenoxy) is 1. The zero-order chi connectivity index (χ0) is 13.8. The number of aromatic nitrogens is 3. The van der Waals surface area contributed by atoms with Gasteiger partial charge in [-0.05, 0) is 13.5 Å². The highest BCUT2D eigenvalue weighted by Crippen LogP contribution is 2.18. The molecule has 1 atom stereocenters. The van der Waals surface area contributed by atoms with Gasteiger partial charge in [0.05, 0.1) is 7.11 Å². The molecule has 1 saturated heterocycles. The number of likely N-dealkylation sites (N-methyl/N-ethyl adjacent to an activating group) is 1. The quantitative estimate of drug-likeness (QED) is 0.848. The van der Waals surface area contributed by atoms with Gasteiger partial charge in [-0.3, -0.25) is 4.90 Å². The van der Waals surface area contributed by atoms with Crippen LogP contribution in [0.25, 0.3) is 0 Å². The Morgan fingerprint density at radius 3 is 2.68 bits per heavy atom. The Morgan fingerprint density at radius 2 is 2.11 bits per heavy atom. The Balaban J connectivity index is 2.18. The van der Waals surface area contributed by atoms with E-state index in [-0.39, 0.29) is 0 Å². The summed E-state index contributed by atoms with van der Waals surface area (Å²) in [6, 6.07) is 0.847. The van der Waals surface area contributed by atoms with Crippen molar-refractivity contribution in [3.8, 4) is 6.01 Å². The molecule has 1 aromatic rings. The minimum atomic E-state index is 0.347. The summed E-state index contributed by atoms with van der Waals surface area (Å²) < 4.78 is 5.12. The number of piperazine rings is 1. The van der Waals surface area contributed by atoms with Gasteiger partial charge in [-0.1, -0.05) is 6.92 Å². The standard InChI is InChI=1S/C12H22N6O/c1-5-17-6-7-18(8-9(17)2)11-14-10(13-3)15-12(16-11)19-4/h9H,5-8H2,1-4H3,(H,13,14,15,16). The molecule has 1 N–H and O–H groups in total. The maximum atomic E-state index is 5.12. The Bertz CT molecular complexity index is 404. The van der Waals surface area contributed by atoms with Crippen LogP contribution in [0.4, 0.5) is 11.9 Å². The fourth-order valence-corrected chi connectivity index (χ4v) is 2.34. The van der Waals surface area contributed by atoms with Crippen molar-refractivity contribution in [2.75, 3.05) is 50.6 Å². The summed E-state index contributed by atoms with van der Waals surface area (Å²) >= 11 is 0. The number of hydrogen-bond acceptors (Lipinski definition) is 7. The van der Waals surface area contributed by atoms with Crippen LogP contribution < -0.4 is 15.0 Å². The normalized spacial score (nSPS) is 20.4. The molecule has 106 valence electrons. The lowest BCUT2D eigenvalue weighted by Crippen LogP contribution is -2.52. The van der Waals surface area contributed by atoms with E-state index < -0.39 is 0 Å². The minimum absolute atomic E-state index is 0.347. The highest BCUT2D eigenvalue weighted by atomic mass is 16.5. The maximum Gasteiger partial charge on any atom is 0.322 e. The summed E-state index contributed by atoms with van der Waals surface area (Å²) in [7, 11) is 3.35. The van der Waals surface area contributed by atoms with Crippen molar-refractivity contribution in [3.63, 3.8) is 0 Å². The number of hydrogen-bond donors (Lipinski definition) is 1. The lowest BCUT2D eigenvalue weighted by molar-refractivity contribution is 0.198. The molecule has 0 saturated carbocycles. The van der Waals surface area contributed by atoms with Gasteiger partial charge in [-0.25, -0.2) is 0 Å². The van der Waals surface area contributed by atoms with Gasteiger partial charge in [-0.2, -0.15) is 15.0 Å². The van der Waals surface area contributed by atoms with E-state index in [9.17, 15) is 0 Å². The van der Waals surface area contributed by atoms with Crippen LogP contribution in [0.5, 0.6) is 6.01 Å². The second-order valence-corrected chi connectivity index (χ2v) is 4.62. The average Bonchev–Trinajstić information content (AvgIpc) is 2.46. The van der Waals surface area contributed by atoms with Gasteiger partial charge in [-0.15, -0.1) is 0 Å². The Morgan fingerprint density at radius 1 is 1.32 bits per heavy atom. The molecular formula is C12H22N6O. The minimum Gasteiger partial charge on any atom is -0.467 e. The molecule has 1 aliphatic rings. The molecule has 0 spiro atoms. The highest BCUT2D eigenvalue weighted by molar-refractivity contribution is 5.38. The molecule has 0 bridgehead atoms. The fraction of sp³-hybridized carbons (Fsp3) is 0.750.